The van der Waals surface area contributed by atoms with Crippen molar-refractivity contribution in [2.24, 2.45) is 0 Å². The van der Waals surface area contributed by atoms with E-state index >= 15 is 0 Å². The van der Waals surface area contributed by atoms with Crippen molar-refractivity contribution in [2.45, 2.75) is 32.4 Å². The van der Waals surface area contributed by atoms with E-state index in [1.807, 2.05) is 13.1 Å². The van der Waals surface area contributed by atoms with E-state index in [1.165, 1.54) is 16.5 Å². The minimum atomic E-state index is -0.173. The van der Waals surface area contributed by atoms with E-state index in [-0.39, 0.29) is 6.10 Å². The van der Waals surface area contributed by atoms with Crippen LogP contribution in [0.15, 0.2) is 30.5 Å². The molecule has 1 unspecified atom stereocenters. The molecule has 0 fully saturated rings. The normalized spacial score (nSPS) is 13.1. The number of fused-ring (bicyclic) bond motifs is 1. The van der Waals surface area contributed by atoms with E-state index in [0.717, 1.165) is 25.9 Å². The lowest BCUT2D eigenvalue weighted by atomic mass is 10.1. The van der Waals surface area contributed by atoms with Gasteiger partial charge in [0.1, 0.15) is 0 Å². The average Bonchev–Trinajstić information content (AvgIpc) is 2.81. The molecule has 3 N–H and O–H groups in total. The first-order valence-electron chi connectivity index (χ1n) is 6.24. The predicted octanol–water partition coefficient (Wildman–Crippen LogP) is 2.42. The first-order chi connectivity index (χ1) is 8.29. The van der Waals surface area contributed by atoms with E-state index in [1.54, 1.807) is 0 Å². The third-order valence-corrected chi connectivity index (χ3v) is 3.07. The Kier molecular flexibility index (Phi) is 4.18. The largest absolute Gasteiger partial charge is 0.393 e. The van der Waals surface area contributed by atoms with Crippen molar-refractivity contribution >= 4 is 10.9 Å². The molecule has 0 bridgehead atoms. The summed E-state index contributed by atoms with van der Waals surface area (Å²) in [5.74, 6) is 0. The second-order valence-electron chi connectivity index (χ2n) is 4.43. The summed E-state index contributed by atoms with van der Waals surface area (Å²) in [7, 11) is 0. The maximum absolute atomic E-state index is 9.42. The number of aliphatic hydroxyl groups excluding tert-OH is 1. The maximum Gasteiger partial charge on any atom is 0.0549 e. The van der Waals surface area contributed by atoms with E-state index < -0.39 is 0 Å². The lowest BCUT2D eigenvalue weighted by molar-refractivity contribution is 0.159. The molecule has 2 rings (SSSR count). The van der Waals surface area contributed by atoms with Crippen LogP contribution in [0.5, 0.6) is 0 Å². The minimum absolute atomic E-state index is 0.173. The molecular formula is C14H20N2O. The fourth-order valence-corrected chi connectivity index (χ4v) is 1.91. The van der Waals surface area contributed by atoms with Gasteiger partial charge in [-0.2, -0.15) is 0 Å². The Morgan fingerprint density at radius 2 is 2.24 bits per heavy atom. The molecule has 0 amide bonds. The molecule has 0 spiro atoms. The molecule has 3 nitrogen and oxygen atoms in total. The molecule has 0 aliphatic carbocycles. The molecule has 1 aromatic heterocycles. The summed E-state index contributed by atoms with van der Waals surface area (Å²) < 4.78 is 0. The van der Waals surface area contributed by atoms with Crippen molar-refractivity contribution in [3.05, 3.63) is 36.0 Å². The second kappa shape index (κ2) is 5.84. The van der Waals surface area contributed by atoms with Gasteiger partial charge in [0.05, 0.1) is 6.10 Å². The average molecular weight is 232 g/mol. The molecule has 92 valence electrons. The number of benzene rings is 1. The molecule has 0 radical (unpaired) electrons. The van der Waals surface area contributed by atoms with Gasteiger partial charge in [0, 0.05) is 18.3 Å². The Hall–Kier alpha value is -1.32. The van der Waals surface area contributed by atoms with Crippen LogP contribution in [0.4, 0.5) is 0 Å². The number of hydrogen-bond donors (Lipinski definition) is 3. The standard InChI is InChI=1S/C14H20N2O/c1-2-13(17)6-7-15-10-11-3-4-12-5-8-16-14(12)9-11/h3-5,8-9,13,15-17H,2,6-7,10H2,1H3. The fourth-order valence-electron chi connectivity index (χ4n) is 1.91. The van der Waals surface area contributed by atoms with Gasteiger partial charge in [-0.3, -0.25) is 0 Å². The van der Waals surface area contributed by atoms with Gasteiger partial charge in [0.2, 0.25) is 0 Å². The monoisotopic (exact) mass is 232 g/mol. The number of aromatic nitrogens is 1. The van der Waals surface area contributed by atoms with E-state index in [0.29, 0.717) is 0 Å². The Morgan fingerprint density at radius 3 is 3.06 bits per heavy atom. The molecule has 1 atom stereocenters. The van der Waals surface area contributed by atoms with Crippen LogP contribution in [0, 0.1) is 0 Å². The number of nitrogens with one attached hydrogen (secondary N) is 2. The summed E-state index contributed by atoms with van der Waals surface area (Å²) in [6.45, 7) is 3.72. The molecule has 17 heavy (non-hydrogen) atoms. The maximum atomic E-state index is 9.42. The van der Waals surface area contributed by atoms with Gasteiger partial charge in [0.25, 0.3) is 0 Å². The van der Waals surface area contributed by atoms with Crippen molar-refractivity contribution in [3.8, 4) is 0 Å². The highest BCUT2D eigenvalue weighted by Crippen LogP contribution is 2.13. The summed E-state index contributed by atoms with van der Waals surface area (Å²) in [4.78, 5) is 3.21. The van der Waals surface area contributed by atoms with Crippen molar-refractivity contribution in [1.29, 1.82) is 0 Å². The zero-order valence-corrected chi connectivity index (χ0v) is 10.2. The third-order valence-electron chi connectivity index (χ3n) is 3.07. The summed E-state index contributed by atoms with van der Waals surface area (Å²) in [6.07, 6.45) is 3.44. The molecule has 0 aliphatic heterocycles. The summed E-state index contributed by atoms with van der Waals surface area (Å²) >= 11 is 0. The Bertz CT molecular complexity index is 464. The number of H-pyrrole nitrogens is 1. The van der Waals surface area contributed by atoms with Crippen LogP contribution >= 0.6 is 0 Å². The van der Waals surface area contributed by atoms with Gasteiger partial charge in [-0.05, 0) is 42.5 Å². The van der Waals surface area contributed by atoms with E-state index in [9.17, 15) is 5.11 Å². The second-order valence-corrected chi connectivity index (χ2v) is 4.43. The first-order valence-corrected chi connectivity index (χ1v) is 6.24. The topological polar surface area (TPSA) is 48.0 Å². The molecular weight excluding hydrogens is 212 g/mol. The quantitative estimate of drug-likeness (QED) is 0.670. The zero-order chi connectivity index (χ0) is 12.1. The molecule has 0 aliphatic rings. The fraction of sp³-hybridized carbons (Fsp3) is 0.429. The molecule has 1 aromatic carbocycles. The summed E-state index contributed by atoms with van der Waals surface area (Å²) in [5, 5.41) is 14.0. The van der Waals surface area contributed by atoms with Crippen molar-refractivity contribution < 1.29 is 5.11 Å². The highest BCUT2D eigenvalue weighted by atomic mass is 16.3. The van der Waals surface area contributed by atoms with Crippen LogP contribution in [-0.2, 0) is 6.54 Å². The van der Waals surface area contributed by atoms with Crippen LogP contribution in [0.2, 0.25) is 0 Å². The van der Waals surface area contributed by atoms with Crippen LogP contribution in [0.25, 0.3) is 10.9 Å². The SMILES string of the molecule is CCC(O)CCNCc1ccc2cc[nH]c2c1. The smallest absolute Gasteiger partial charge is 0.0549 e. The number of aromatic amines is 1. The highest BCUT2D eigenvalue weighted by molar-refractivity contribution is 5.79. The van der Waals surface area contributed by atoms with Crippen molar-refractivity contribution in [2.75, 3.05) is 6.54 Å². The highest BCUT2D eigenvalue weighted by Gasteiger charge is 2.00. The lowest BCUT2D eigenvalue weighted by Gasteiger charge is -2.08. The van der Waals surface area contributed by atoms with Crippen molar-refractivity contribution in [1.82, 2.24) is 10.3 Å². The van der Waals surface area contributed by atoms with E-state index in [4.69, 9.17) is 0 Å². The number of hydrogen-bond acceptors (Lipinski definition) is 2. The van der Waals surface area contributed by atoms with Gasteiger partial charge < -0.3 is 15.4 Å². The predicted molar refractivity (Wildman–Crippen MR) is 70.9 cm³/mol. The zero-order valence-electron chi connectivity index (χ0n) is 10.2. The van der Waals surface area contributed by atoms with Gasteiger partial charge >= 0.3 is 0 Å². The van der Waals surface area contributed by atoms with E-state index in [2.05, 4.69) is 34.6 Å². The first kappa shape index (κ1) is 12.1. The van der Waals surface area contributed by atoms with Crippen LogP contribution in [0.3, 0.4) is 0 Å². The molecule has 2 aromatic rings. The molecule has 0 saturated heterocycles. The Balaban J connectivity index is 1.82. The summed E-state index contributed by atoms with van der Waals surface area (Å²) in [5.41, 5.74) is 2.45. The Labute approximate surface area is 102 Å². The summed E-state index contributed by atoms with van der Waals surface area (Å²) in [6, 6.07) is 8.51. The third kappa shape index (κ3) is 3.32. The van der Waals surface area contributed by atoms with Crippen LogP contribution < -0.4 is 5.32 Å². The van der Waals surface area contributed by atoms with Crippen molar-refractivity contribution in [3.63, 3.8) is 0 Å². The number of rotatable bonds is 6. The van der Waals surface area contributed by atoms with Crippen LogP contribution in [0.1, 0.15) is 25.3 Å². The lowest BCUT2D eigenvalue weighted by Crippen LogP contribution is -2.19. The van der Waals surface area contributed by atoms with Gasteiger partial charge in [0.15, 0.2) is 0 Å². The molecule has 1 heterocycles. The number of aliphatic hydroxyl groups is 1. The van der Waals surface area contributed by atoms with Gasteiger partial charge in [-0.25, -0.2) is 0 Å². The van der Waals surface area contributed by atoms with Crippen LogP contribution in [-0.4, -0.2) is 22.7 Å². The minimum Gasteiger partial charge on any atom is -0.393 e. The van der Waals surface area contributed by atoms with Gasteiger partial charge in [-0.15, -0.1) is 0 Å². The molecule has 0 saturated carbocycles. The molecule has 3 heteroatoms. The van der Waals surface area contributed by atoms with Gasteiger partial charge in [-0.1, -0.05) is 19.1 Å². The Morgan fingerprint density at radius 1 is 1.35 bits per heavy atom.